The van der Waals surface area contributed by atoms with E-state index in [0.717, 1.165) is 12.5 Å². The molecular formula is C12H26N2. The average Bonchev–Trinajstić information content (AvgIpc) is 2.01. The fraction of sp³-hybridized carbons (Fsp3) is 1.00. The van der Waals surface area contributed by atoms with Gasteiger partial charge < -0.3 is 5.32 Å². The molecule has 1 heterocycles. The summed E-state index contributed by atoms with van der Waals surface area (Å²) in [4.78, 5) is 2.65. The SMILES string of the molecule is CC1CN(C(C)(C)C)C(C(C)C)CN1. The third-order valence-electron chi connectivity index (χ3n) is 3.18. The Hall–Kier alpha value is -0.0800. The van der Waals surface area contributed by atoms with Crippen LogP contribution >= 0.6 is 0 Å². The Balaban J connectivity index is 2.74. The summed E-state index contributed by atoms with van der Waals surface area (Å²) in [6.45, 7) is 16.2. The van der Waals surface area contributed by atoms with E-state index in [2.05, 4.69) is 51.8 Å². The van der Waals surface area contributed by atoms with Crippen LogP contribution in [0.3, 0.4) is 0 Å². The standard InChI is InChI=1S/C12H26N2/c1-9(2)11-7-13-10(3)8-14(11)12(4,5)6/h9-11,13H,7-8H2,1-6H3. The van der Waals surface area contributed by atoms with E-state index in [1.165, 1.54) is 6.54 Å². The number of rotatable bonds is 1. The maximum absolute atomic E-state index is 3.57. The third-order valence-corrected chi connectivity index (χ3v) is 3.18. The first-order valence-electron chi connectivity index (χ1n) is 5.82. The highest BCUT2D eigenvalue weighted by atomic mass is 15.3. The minimum absolute atomic E-state index is 0.297. The molecule has 1 aliphatic heterocycles. The molecule has 1 N–H and O–H groups in total. The molecule has 14 heavy (non-hydrogen) atoms. The van der Waals surface area contributed by atoms with E-state index in [1.807, 2.05) is 0 Å². The number of hydrogen-bond donors (Lipinski definition) is 1. The van der Waals surface area contributed by atoms with Crippen LogP contribution in [-0.2, 0) is 0 Å². The summed E-state index contributed by atoms with van der Waals surface area (Å²) in [6, 6.07) is 1.32. The Morgan fingerprint density at radius 2 is 1.86 bits per heavy atom. The highest BCUT2D eigenvalue weighted by Crippen LogP contribution is 2.24. The molecule has 1 rings (SSSR count). The number of hydrogen-bond acceptors (Lipinski definition) is 2. The van der Waals surface area contributed by atoms with Crippen LogP contribution in [0.2, 0.25) is 0 Å². The fourth-order valence-electron chi connectivity index (χ4n) is 2.29. The molecule has 0 aromatic rings. The summed E-state index contributed by atoms with van der Waals surface area (Å²) in [5, 5.41) is 3.57. The van der Waals surface area contributed by atoms with Gasteiger partial charge in [0.05, 0.1) is 0 Å². The van der Waals surface area contributed by atoms with E-state index < -0.39 is 0 Å². The quantitative estimate of drug-likeness (QED) is 0.694. The molecule has 1 aliphatic rings. The van der Waals surface area contributed by atoms with Crippen LogP contribution < -0.4 is 5.32 Å². The van der Waals surface area contributed by atoms with Crippen LogP contribution in [0.25, 0.3) is 0 Å². The number of piperazine rings is 1. The van der Waals surface area contributed by atoms with Crippen LogP contribution in [0.15, 0.2) is 0 Å². The Kier molecular flexibility index (Phi) is 3.59. The van der Waals surface area contributed by atoms with Crippen LogP contribution in [-0.4, -0.2) is 35.6 Å². The molecule has 84 valence electrons. The molecule has 0 bridgehead atoms. The second kappa shape index (κ2) is 4.19. The lowest BCUT2D eigenvalue weighted by Gasteiger charge is -2.48. The van der Waals surface area contributed by atoms with Gasteiger partial charge in [0, 0.05) is 30.7 Å². The van der Waals surface area contributed by atoms with Gasteiger partial charge in [0.2, 0.25) is 0 Å². The lowest BCUT2D eigenvalue weighted by atomic mass is 9.92. The van der Waals surface area contributed by atoms with Crippen LogP contribution in [0.1, 0.15) is 41.5 Å². The highest BCUT2D eigenvalue weighted by molar-refractivity contribution is 4.92. The Morgan fingerprint density at radius 3 is 2.29 bits per heavy atom. The number of nitrogens with one attached hydrogen (secondary N) is 1. The zero-order valence-electron chi connectivity index (χ0n) is 10.6. The molecular weight excluding hydrogens is 172 g/mol. The summed E-state index contributed by atoms with van der Waals surface area (Å²) >= 11 is 0. The zero-order chi connectivity index (χ0) is 10.9. The average molecular weight is 198 g/mol. The van der Waals surface area contributed by atoms with Gasteiger partial charge in [-0.3, -0.25) is 4.90 Å². The lowest BCUT2D eigenvalue weighted by molar-refractivity contribution is 0.0227. The maximum atomic E-state index is 3.57. The van der Waals surface area contributed by atoms with Crippen molar-refractivity contribution in [2.75, 3.05) is 13.1 Å². The van der Waals surface area contributed by atoms with Gasteiger partial charge in [-0.1, -0.05) is 13.8 Å². The second-order valence-electron chi connectivity index (χ2n) is 5.94. The van der Waals surface area contributed by atoms with Crippen molar-refractivity contribution in [1.29, 1.82) is 0 Å². The molecule has 0 saturated carbocycles. The van der Waals surface area contributed by atoms with Gasteiger partial charge in [-0.15, -0.1) is 0 Å². The first kappa shape index (κ1) is 12.0. The van der Waals surface area contributed by atoms with Crippen LogP contribution in [0.5, 0.6) is 0 Å². The summed E-state index contributed by atoms with van der Waals surface area (Å²) in [5.41, 5.74) is 0.297. The maximum Gasteiger partial charge on any atom is 0.0249 e. The molecule has 0 aromatic heterocycles. The van der Waals surface area contributed by atoms with E-state index in [9.17, 15) is 0 Å². The van der Waals surface area contributed by atoms with Crippen molar-refractivity contribution in [1.82, 2.24) is 10.2 Å². The van der Waals surface area contributed by atoms with E-state index in [1.54, 1.807) is 0 Å². The zero-order valence-corrected chi connectivity index (χ0v) is 10.6. The first-order valence-corrected chi connectivity index (χ1v) is 5.82. The predicted molar refractivity (Wildman–Crippen MR) is 62.5 cm³/mol. The molecule has 0 radical (unpaired) electrons. The van der Waals surface area contributed by atoms with Gasteiger partial charge in [-0.2, -0.15) is 0 Å². The largest absolute Gasteiger partial charge is 0.311 e. The first-order chi connectivity index (χ1) is 6.32. The Bertz CT molecular complexity index is 181. The summed E-state index contributed by atoms with van der Waals surface area (Å²) < 4.78 is 0. The summed E-state index contributed by atoms with van der Waals surface area (Å²) in [7, 11) is 0. The highest BCUT2D eigenvalue weighted by Gasteiger charge is 2.34. The smallest absolute Gasteiger partial charge is 0.0249 e. The minimum Gasteiger partial charge on any atom is -0.311 e. The summed E-state index contributed by atoms with van der Waals surface area (Å²) in [5.74, 6) is 0.731. The van der Waals surface area contributed by atoms with Gasteiger partial charge in [-0.05, 0) is 33.6 Å². The van der Waals surface area contributed by atoms with Gasteiger partial charge in [-0.25, -0.2) is 0 Å². The van der Waals surface area contributed by atoms with Crippen LogP contribution in [0.4, 0.5) is 0 Å². The molecule has 2 unspecified atom stereocenters. The van der Waals surface area contributed by atoms with Crippen molar-refractivity contribution in [3.8, 4) is 0 Å². The van der Waals surface area contributed by atoms with Crippen molar-refractivity contribution < 1.29 is 0 Å². The predicted octanol–water partition coefficient (Wildman–Crippen LogP) is 2.10. The number of nitrogens with zero attached hydrogens (tertiary/aromatic N) is 1. The molecule has 1 saturated heterocycles. The van der Waals surface area contributed by atoms with Crippen molar-refractivity contribution in [2.24, 2.45) is 5.92 Å². The van der Waals surface area contributed by atoms with E-state index >= 15 is 0 Å². The molecule has 2 nitrogen and oxygen atoms in total. The minimum atomic E-state index is 0.297. The molecule has 1 fully saturated rings. The second-order valence-corrected chi connectivity index (χ2v) is 5.94. The van der Waals surface area contributed by atoms with Gasteiger partial charge in [0.25, 0.3) is 0 Å². The van der Waals surface area contributed by atoms with Gasteiger partial charge in [0.1, 0.15) is 0 Å². The van der Waals surface area contributed by atoms with Gasteiger partial charge >= 0.3 is 0 Å². The Labute approximate surface area is 89.1 Å². The molecule has 2 atom stereocenters. The van der Waals surface area contributed by atoms with Crippen molar-refractivity contribution >= 4 is 0 Å². The monoisotopic (exact) mass is 198 g/mol. The van der Waals surface area contributed by atoms with Crippen molar-refractivity contribution in [3.05, 3.63) is 0 Å². The fourth-order valence-corrected chi connectivity index (χ4v) is 2.29. The molecule has 2 heteroatoms. The summed E-state index contributed by atoms with van der Waals surface area (Å²) in [6.07, 6.45) is 0. The van der Waals surface area contributed by atoms with Crippen molar-refractivity contribution in [2.45, 2.75) is 59.2 Å². The molecule has 0 aliphatic carbocycles. The van der Waals surface area contributed by atoms with Crippen molar-refractivity contribution in [3.63, 3.8) is 0 Å². The topological polar surface area (TPSA) is 15.3 Å². The third kappa shape index (κ3) is 2.71. The van der Waals surface area contributed by atoms with E-state index in [4.69, 9.17) is 0 Å². The van der Waals surface area contributed by atoms with E-state index in [0.29, 0.717) is 17.6 Å². The van der Waals surface area contributed by atoms with Crippen LogP contribution in [0, 0.1) is 5.92 Å². The lowest BCUT2D eigenvalue weighted by Crippen LogP contribution is -2.62. The molecule has 0 amide bonds. The van der Waals surface area contributed by atoms with E-state index in [-0.39, 0.29) is 0 Å². The molecule has 0 aromatic carbocycles. The molecule has 0 spiro atoms. The normalized spacial score (nSPS) is 31.1. The Morgan fingerprint density at radius 1 is 1.29 bits per heavy atom. The van der Waals surface area contributed by atoms with Gasteiger partial charge in [0.15, 0.2) is 0 Å².